The molecule has 0 bridgehead atoms. The first-order chi connectivity index (χ1) is 8.49. The zero-order valence-electron chi connectivity index (χ0n) is 10.6. The summed E-state index contributed by atoms with van der Waals surface area (Å²) in [5.41, 5.74) is 9.99. The van der Waals surface area contributed by atoms with Crippen molar-refractivity contribution >= 4 is 33.3 Å². The lowest BCUT2D eigenvalue weighted by atomic mass is 10.1. The third kappa shape index (κ3) is 2.46. The van der Waals surface area contributed by atoms with Gasteiger partial charge in [0.15, 0.2) is 0 Å². The number of halogens is 1. The Balaban J connectivity index is 2.43. The molecule has 94 valence electrons. The minimum absolute atomic E-state index is 0.500. The van der Waals surface area contributed by atoms with E-state index in [2.05, 4.69) is 57.2 Å². The minimum atomic E-state index is 0.500. The van der Waals surface area contributed by atoms with Gasteiger partial charge < -0.3 is 11.1 Å². The molecule has 2 aromatic rings. The average Bonchev–Trinajstić information content (AvgIpc) is 2.28. The van der Waals surface area contributed by atoms with Crippen molar-refractivity contribution in [2.45, 2.75) is 20.8 Å². The number of rotatable bonds is 2. The standard InChI is InChI=1S/C13H15BrN4/c1-7-4-10(14)5-8(2)11(7)18-13-9(3)12(15)16-6-17-13/h4-6H,1-3H3,(H3,15,16,17,18). The third-order valence-electron chi connectivity index (χ3n) is 2.86. The number of aromatic nitrogens is 2. The van der Waals surface area contributed by atoms with Crippen molar-refractivity contribution in [1.82, 2.24) is 9.97 Å². The quantitative estimate of drug-likeness (QED) is 0.891. The summed E-state index contributed by atoms with van der Waals surface area (Å²) in [6.45, 7) is 6.02. The molecular weight excluding hydrogens is 292 g/mol. The van der Waals surface area contributed by atoms with E-state index in [0.29, 0.717) is 5.82 Å². The lowest BCUT2D eigenvalue weighted by Crippen LogP contribution is -2.04. The SMILES string of the molecule is Cc1cc(Br)cc(C)c1Nc1ncnc(N)c1C. The zero-order chi connectivity index (χ0) is 13.3. The van der Waals surface area contributed by atoms with Gasteiger partial charge in [-0.1, -0.05) is 15.9 Å². The van der Waals surface area contributed by atoms with E-state index in [0.717, 1.165) is 32.7 Å². The van der Waals surface area contributed by atoms with Crippen LogP contribution in [0, 0.1) is 20.8 Å². The number of nitrogens with zero attached hydrogens (tertiary/aromatic N) is 2. The van der Waals surface area contributed by atoms with Crippen LogP contribution in [0.5, 0.6) is 0 Å². The second kappa shape index (κ2) is 4.94. The molecule has 0 aliphatic rings. The number of hydrogen-bond donors (Lipinski definition) is 2. The number of nitrogens with one attached hydrogen (secondary N) is 1. The monoisotopic (exact) mass is 306 g/mol. The number of nitrogens with two attached hydrogens (primary N) is 1. The maximum atomic E-state index is 5.78. The summed E-state index contributed by atoms with van der Waals surface area (Å²) in [7, 11) is 0. The number of hydrogen-bond acceptors (Lipinski definition) is 4. The molecule has 2 rings (SSSR count). The fourth-order valence-corrected chi connectivity index (χ4v) is 2.50. The van der Waals surface area contributed by atoms with Crippen LogP contribution in [-0.4, -0.2) is 9.97 Å². The van der Waals surface area contributed by atoms with Crippen molar-refractivity contribution in [3.05, 3.63) is 39.6 Å². The maximum absolute atomic E-state index is 5.78. The summed E-state index contributed by atoms with van der Waals surface area (Å²) in [6, 6.07) is 4.13. The van der Waals surface area contributed by atoms with Gasteiger partial charge in [0.25, 0.3) is 0 Å². The first-order valence-corrected chi connectivity index (χ1v) is 6.39. The van der Waals surface area contributed by atoms with E-state index in [1.54, 1.807) is 0 Å². The van der Waals surface area contributed by atoms with Crippen LogP contribution in [0.15, 0.2) is 22.9 Å². The van der Waals surface area contributed by atoms with Gasteiger partial charge in [-0.25, -0.2) is 9.97 Å². The predicted octanol–water partition coefficient (Wildman–Crippen LogP) is 3.49. The van der Waals surface area contributed by atoms with E-state index in [1.807, 2.05) is 6.92 Å². The molecule has 0 aliphatic heterocycles. The van der Waals surface area contributed by atoms with Gasteiger partial charge in [-0.05, 0) is 44.0 Å². The van der Waals surface area contributed by atoms with Crippen molar-refractivity contribution in [3.63, 3.8) is 0 Å². The van der Waals surface area contributed by atoms with Crippen LogP contribution >= 0.6 is 15.9 Å². The normalized spacial score (nSPS) is 10.4. The molecule has 5 heteroatoms. The smallest absolute Gasteiger partial charge is 0.138 e. The lowest BCUT2D eigenvalue weighted by molar-refractivity contribution is 1.14. The lowest BCUT2D eigenvalue weighted by Gasteiger charge is -2.14. The highest BCUT2D eigenvalue weighted by atomic mass is 79.9. The molecule has 0 saturated heterocycles. The number of aryl methyl sites for hydroxylation is 2. The van der Waals surface area contributed by atoms with Crippen molar-refractivity contribution < 1.29 is 0 Å². The summed E-state index contributed by atoms with van der Waals surface area (Å²) in [5.74, 6) is 1.25. The van der Waals surface area contributed by atoms with E-state index < -0.39 is 0 Å². The van der Waals surface area contributed by atoms with Crippen LogP contribution in [0.25, 0.3) is 0 Å². The van der Waals surface area contributed by atoms with Gasteiger partial charge in [0, 0.05) is 15.7 Å². The van der Waals surface area contributed by atoms with Gasteiger partial charge in [0.1, 0.15) is 18.0 Å². The van der Waals surface area contributed by atoms with Gasteiger partial charge in [-0.2, -0.15) is 0 Å². The molecule has 0 atom stereocenters. The molecule has 0 radical (unpaired) electrons. The number of anilines is 3. The van der Waals surface area contributed by atoms with Gasteiger partial charge in [0.05, 0.1) is 0 Å². The van der Waals surface area contributed by atoms with Crippen molar-refractivity contribution in [2.75, 3.05) is 11.1 Å². The molecule has 0 aliphatic carbocycles. The first kappa shape index (κ1) is 12.8. The van der Waals surface area contributed by atoms with Gasteiger partial charge in [-0.3, -0.25) is 0 Å². The molecule has 18 heavy (non-hydrogen) atoms. The second-order valence-electron chi connectivity index (χ2n) is 4.27. The molecule has 1 aromatic carbocycles. The maximum Gasteiger partial charge on any atom is 0.138 e. The zero-order valence-corrected chi connectivity index (χ0v) is 12.2. The largest absolute Gasteiger partial charge is 0.383 e. The summed E-state index contributed by atoms with van der Waals surface area (Å²) in [5, 5.41) is 3.32. The molecule has 1 heterocycles. The molecule has 0 unspecified atom stereocenters. The second-order valence-corrected chi connectivity index (χ2v) is 5.19. The van der Waals surface area contributed by atoms with Crippen LogP contribution in [0.4, 0.5) is 17.3 Å². The molecule has 0 spiro atoms. The highest BCUT2D eigenvalue weighted by Crippen LogP contribution is 2.29. The fourth-order valence-electron chi connectivity index (χ4n) is 1.82. The fraction of sp³-hybridized carbons (Fsp3) is 0.231. The van der Waals surface area contributed by atoms with Crippen molar-refractivity contribution in [2.24, 2.45) is 0 Å². The Morgan fingerprint density at radius 1 is 1.11 bits per heavy atom. The van der Waals surface area contributed by atoms with Crippen LogP contribution in [0.3, 0.4) is 0 Å². The van der Waals surface area contributed by atoms with E-state index in [9.17, 15) is 0 Å². The van der Waals surface area contributed by atoms with Crippen LogP contribution in [0.2, 0.25) is 0 Å². The summed E-state index contributed by atoms with van der Waals surface area (Å²) >= 11 is 3.49. The summed E-state index contributed by atoms with van der Waals surface area (Å²) in [6.07, 6.45) is 1.47. The molecule has 0 saturated carbocycles. The van der Waals surface area contributed by atoms with Crippen molar-refractivity contribution in [3.8, 4) is 0 Å². The predicted molar refractivity (Wildman–Crippen MR) is 78.1 cm³/mol. The molecule has 3 N–H and O–H groups in total. The molecule has 4 nitrogen and oxygen atoms in total. The Bertz CT molecular complexity index is 573. The third-order valence-corrected chi connectivity index (χ3v) is 3.32. The molecule has 0 fully saturated rings. The Morgan fingerprint density at radius 2 is 1.72 bits per heavy atom. The Kier molecular flexibility index (Phi) is 3.52. The highest BCUT2D eigenvalue weighted by Gasteiger charge is 2.08. The Hall–Kier alpha value is -1.62. The summed E-state index contributed by atoms with van der Waals surface area (Å²) in [4.78, 5) is 8.18. The van der Waals surface area contributed by atoms with Gasteiger partial charge in [-0.15, -0.1) is 0 Å². The van der Waals surface area contributed by atoms with Crippen LogP contribution in [0.1, 0.15) is 16.7 Å². The first-order valence-electron chi connectivity index (χ1n) is 5.60. The molecule has 0 amide bonds. The van der Waals surface area contributed by atoms with E-state index in [1.165, 1.54) is 6.33 Å². The van der Waals surface area contributed by atoms with E-state index in [-0.39, 0.29) is 0 Å². The molecular formula is C13H15BrN4. The topological polar surface area (TPSA) is 63.8 Å². The van der Waals surface area contributed by atoms with Crippen LogP contribution < -0.4 is 11.1 Å². The number of nitrogen functional groups attached to an aromatic ring is 1. The van der Waals surface area contributed by atoms with E-state index in [4.69, 9.17) is 5.73 Å². The summed E-state index contributed by atoms with van der Waals surface area (Å²) < 4.78 is 1.07. The number of benzene rings is 1. The van der Waals surface area contributed by atoms with Crippen LogP contribution in [-0.2, 0) is 0 Å². The molecule has 1 aromatic heterocycles. The van der Waals surface area contributed by atoms with Gasteiger partial charge >= 0.3 is 0 Å². The Labute approximate surface area is 115 Å². The van der Waals surface area contributed by atoms with Gasteiger partial charge in [0.2, 0.25) is 0 Å². The van der Waals surface area contributed by atoms with Crippen molar-refractivity contribution in [1.29, 1.82) is 0 Å². The Morgan fingerprint density at radius 3 is 2.33 bits per heavy atom. The minimum Gasteiger partial charge on any atom is -0.383 e. The average molecular weight is 307 g/mol. The van der Waals surface area contributed by atoms with E-state index >= 15 is 0 Å². The highest BCUT2D eigenvalue weighted by molar-refractivity contribution is 9.10.